The van der Waals surface area contributed by atoms with Gasteiger partial charge in [-0.15, -0.1) is 0 Å². The van der Waals surface area contributed by atoms with E-state index in [1.165, 1.54) is 51.4 Å². The van der Waals surface area contributed by atoms with E-state index in [1.54, 1.807) is 0 Å². The Morgan fingerprint density at radius 3 is 1.81 bits per heavy atom. The molecule has 0 aromatic rings. The fraction of sp³-hybridized carbons (Fsp3) is 0.913. The minimum Gasteiger partial charge on any atom is -0.481 e. The number of carbonyl (C=O) groups is 2. The Labute approximate surface area is 166 Å². The molecule has 3 unspecified atom stereocenters. The molecule has 1 rings (SSSR count). The molecule has 27 heavy (non-hydrogen) atoms. The van der Waals surface area contributed by atoms with Gasteiger partial charge in [-0.25, -0.2) is 0 Å². The van der Waals surface area contributed by atoms with Crippen molar-refractivity contribution in [3.05, 3.63) is 0 Å². The van der Waals surface area contributed by atoms with Gasteiger partial charge in [0.05, 0.1) is 17.9 Å². The first-order valence-corrected chi connectivity index (χ1v) is 11.3. The Morgan fingerprint density at radius 1 is 0.815 bits per heavy atom. The van der Waals surface area contributed by atoms with Crippen LogP contribution in [0.5, 0.6) is 0 Å². The van der Waals surface area contributed by atoms with Gasteiger partial charge in [0.25, 0.3) is 0 Å². The smallest absolute Gasteiger partial charge is 0.310 e. The molecule has 0 saturated heterocycles. The molecule has 1 saturated carbocycles. The predicted molar refractivity (Wildman–Crippen MR) is 110 cm³/mol. The number of aliphatic carboxylic acids is 1. The molecule has 4 nitrogen and oxygen atoms in total. The van der Waals surface area contributed by atoms with E-state index in [2.05, 4.69) is 13.8 Å². The molecule has 0 aromatic heterocycles. The third kappa shape index (κ3) is 10.8. The summed E-state index contributed by atoms with van der Waals surface area (Å²) in [5, 5.41) is 9.30. The fourth-order valence-corrected chi connectivity index (χ4v) is 4.10. The number of carbonyl (C=O) groups excluding carboxylic acids is 1. The van der Waals surface area contributed by atoms with Crippen LogP contribution in [-0.2, 0) is 14.3 Å². The Balaban J connectivity index is 2.05. The Bertz CT molecular complexity index is 419. The van der Waals surface area contributed by atoms with Crippen molar-refractivity contribution in [1.82, 2.24) is 0 Å². The maximum Gasteiger partial charge on any atom is 0.310 e. The molecule has 1 N–H and O–H groups in total. The summed E-state index contributed by atoms with van der Waals surface area (Å²) in [5.41, 5.74) is 0. The van der Waals surface area contributed by atoms with Gasteiger partial charge in [0.2, 0.25) is 0 Å². The van der Waals surface area contributed by atoms with E-state index in [0.717, 1.165) is 31.6 Å². The zero-order valence-electron chi connectivity index (χ0n) is 17.9. The van der Waals surface area contributed by atoms with Crippen molar-refractivity contribution < 1.29 is 19.4 Å². The number of unbranched alkanes of at least 4 members (excludes halogenated alkanes) is 7. The van der Waals surface area contributed by atoms with Crippen LogP contribution in [0.3, 0.4) is 0 Å². The lowest BCUT2D eigenvalue weighted by molar-refractivity contribution is -0.163. The number of ether oxygens (including phenoxy) is 1. The molecular weight excluding hydrogens is 340 g/mol. The van der Waals surface area contributed by atoms with Crippen LogP contribution >= 0.6 is 0 Å². The number of rotatable bonds is 14. The average molecular weight is 383 g/mol. The van der Waals surface area contributed by atoms with Crippen molar-refractivity contribution in [2.24, 2.45) is 17.8 Å². The molecule has 0 radical (unpaired) electrons. The molecule has 0 aromatic carbocycles. The van der Waals surface area contributed by atoms with Gasteiger partial charge in [0.15, 0.2) is 0 Å². The first-order chi connectivity index (χ1) is 12.9. The Kier molecular flexibility index (Phi) is 12.4. The van der Waals surface area contributed by atoms with Gasteiger partial charge in [0, 0.05) is 0 Å². The van der Waals surface area contributed by atoms with Gasteiger partial charge >= 0.3 is 11.9 Å². The summed E-state index contributed by atoms with van der Waals surface area (Å²) in [7, 11) is 0. The lowest BCUT2D eigenvalue weighted by Crippen LogP contribution is -2.35. The van der Waals surface area contributed by atoms with Crippen LogP contribution in [0, 0.1) is 17.8 Å². The first-order valence-electron chi connectivity index (χ1n) is 11.3. The normalized spacial score (nSPS) is 21.2. The lowest BCUT2D eigenvalue weighted by Gasteiger charge is -2.28. The Hall–Kier alpha value is -1.06. The van der Waals surface area contributed by atoms with E-state index in [9.17, 15) is 14.7 Å². The summed E-state index contributed by atoms with van der Waals surface area (Å²) in [6.45, 7) is 6.51. The second-order valence-corrected chi connectivity index (χ2v) is 8.88. The maximum atomic E-state index is 12.3. The van der Waals surface area contributed by atoms with E-state index < -0.39 is 17.8 Å². The van der Waals surface area contributed by atoms with Crippen molar-refractivity contribution in [2.75, 3.05) is 0 Å². The summed E-state index contributed by atoms with van der Waals surface area (Å²) in [6, 6.07) is 0. The fourth-order valence-electron chi connectivity index (χ4n) is 4.10. The summed E-state index contributed by atoms with van der Waals surface area (Å²) < 4.78 is 5.56. The van der Waals surface area contributed by atoms with Crippen LogP contribution in [-0.4, -0.2) is 23.1 Å². The quantitative estimate of drug-likeness (QED) is 0.280. The second-order valence-electron chi connectivity index (χ2n) is 8.88. The number of esters is 1. The topological polar surface area (TPSA) is 63.6 Å². The monoisotopic (exact) mass is 382 g/mol. The number of carboxylic acids is 1. The molecule has 3 atom stereocenters. The van der Waals surface area contributed by atoms with E-state index in [0.29, 0.717) is 12.8 Å². The van der Waals surface area contributed by atoms with Gasteiger partial charge in [-0.3, -0.25) is 9.59 Å². The summed E-state index contributed by atoms with van der Waals surface area (Å²) in [4.78, 5) is 23.7. The molecule has 0 aliphatic heterocycles. The van der Waals surface area contributed by atoms with Crippen molar-refractivity contribution in [3.8, 4) is 0 Å². The van der Waals surface area contributed by atoms with Crippen LogP contribution in [0.15, 0.2) is 0 Å². The van der Waals surface area contributed by atoms with Crippen molar-refractivity contribution in [2.45, 2.75) is 117 Å². The first kappa shape index (κ1) is 24.0. The second kappa shape index (κ2) is 14.0. The SMILES string of the molecule is CC(C)CCCCCCCCCCC(C)OC(=O)C1CCCCC1C(=O)O. The van der Waals surface area contributed by atoms with E-state index >= 15 is 0 Å². The number of hydrogen-bond donors (Lipinski definition) is 1. The molecule has 0 amide bonds. The Morgan fingerprint density at radius 2 is 1.30 bits per heavy atom. The highest BCUT2D eigenvalue weighted by Crippen LogP contribution is 2.31. The summed E-state index contributed by atoms with van der Waals surface area (Å²) >= 11 is 0. The van der Waals surface area contributed by atoms with Gasteiger partial charge in [-0.2, -0.15) is 0 Å². The van der Waals surface area contributed by atoms with E-state index in [4.69, 9.17) is 4.74 Å². The van der Waals surface area contributed by atoms with Crippen molar-refractivity contribution >= 4 is 11.9 Å². The van der Waals surface area contributed by atoms with Crippen LogP contribution in [0.25, 0.3) is 0 Å². The highest BCUT2D eigenvalue weighted by molar-refractivity contribution is 5.81. The van der Waals surface area contributed by atoms with Crippen LogP contribution < -0.4 is 0 Å². The third-order valence-electron chi connectivity index (χ3n) is 5.85. The van der Waals surface area contributed by atoms with Gasteiger partial charge in [-0.05, 0) is 38.5 Å². The van der Waals surface area contributed by atoms with E-state index in [1.807, 2.05) is 6.92 Å². The van der Waals surface area contributed by atoms with Gasteiger partial charge < -0.3 is 9.84 Å². The van der Waals surface area contributed by atoms with Crippen LogP contribution in [0.2, 0.25) is 0 Å². The molecular formula is C23H42O4. The van der Waals surface area contributed by atoms with Gasteiger partial charge in [-0.1, -0.05) is 78.1 Å². The molecule has 0 heterocycles. The summed E-state index contributed by atoms with van der Waals surface area (Å²) in [6.07, 6.45) is 15.4. The highest BCUT2D eigenvalue weighted by Gasteiger charge is 2.37. The minimum atomic E-state index is -0.853. The molecule has 1 fully saturated rings. The van der Waals surface area contributed by atoms with Crippen LogP contribution in [0.4, 0.5) is 0 Å². The van der Waals surface area contributed by atoms with Crippen molar-refractivity contribution in [1.29, 1.82) is 0 Å². The molecule has 0 spiro atoms. The molecule has 4 heteroatoms. The number of hydrogen-bond acceptors (Lipinski definition) is 3. The largest absolute Gasteiger partial charge is 0.481 e. The lowest BCUT2D eigenvalue weighted by atomic mass is 9.79. The van der Waals surface area contributed by atoms with Crippen LogP contribution in [0.1, 0.15) is 111 Å². The number of carboxylic acid groups (broad SMARTS) is 1. The van der Waals surface area contributed by atoms with E-state index in [-0.39, 0.29) is 12.1 Å². The molecule has 1 aliphatic rings. The minimum absolute atomic E-state index is 0.107. The average Bonchev–Trinajstić information content (AvgIpc) is 2.62. The molecule has 158 valence electrons. The standard InChI is InChI=1S/C23H42O4/c1-18(2)14-10-8-6-4-5-7-9-11-15-19(3)27-23(26)21-17-13-12-16-20(21)22(24)25/h18-21H,4-17H2,1-3H3,(H,24,25). The zero-order chi connectivity index (χ0) is 20.1. The highest BCUT2D eigenvalue weighted by atomic mass is 16.5. The predicted octanol–water partition coefficient (Wildman–Crippen LogP) is 6.37. The summed E-state index contributed by atoms with van der Waals surface area (Å²) in [5.74, 6) is -1.33. The third-order valence-corrected chi connectivity index (χ3v) is 5.85. The molecule has 1 aliphatic carbocycles. The maximum absolute atomic E-state index is 12.3. The van der Waals surface area contributed by atoms with Crippen molar-refractivity contribution in [3.63, 3.8) is 0 Å². The van der Waals surface area contributed by atoms with Gasteiger partial charge in [0.1, 0.15) is 0 Å². The molecule has 0 bridgehead atoms. The zero-order valence-corrected chi connectivity index (χ0v) is 17.9.